The summed E-state index contributed by atoms with van der Waals surface area (Å²) in [4.78, 5) is 8.46. The molecule has 9 heteroatoms. The van der Waals surface area contributed by atoms with E-state index in [2.05, 4.69) is 42.9 Å². The smallest absolute Gasteiger partial charge is 0.191 e. The highest BCUT2D eigenvalue weighted by molar-refractivity contribution is 14.0. The number of methoxy groups -OCH3 is 1. The Balaban J connectivity index is 0.00000320. The molecular weight excluding hydrogens is 495 g/mol. The van der Waals surface area contributed by atoms with Gasteiger partial charge < -0.3 is 20.1 Å². The number of ether oxygens (including phenoxy) is 2. The number of aromatic nitrogens is 3. The van der Waals surface area contributed by atoms with Crippen LogP contribution in [-0.4, -0.2) is 47.9 Å². The molecule has 0 bridgehead atoms. The van der Waals surface area contributed by atoms with Gasteiger partial charge in [0.05, 0.1) is 13.7 Å². The third kappa shape index (κ3) is 6.90. The zero-order valence-electron chi connectivity index (χ0n) is 17.3. The molecule has 2 aromatic carbocycles. The van der Waals surface area contributed by atoms with Crippen LogP contribution in [0, 0.1) is 0 Å². The molecule has 1 heterocycles. The first kappa shape index (κ1) is 23.5. The van der Waals surface area contributed by atoms with Crippen molar-refractivity contribution in [3.8, 4) is 22.9 Å². The Labute approximate surface area is 193 Å². The molecule has 0 saturated heterocycles. The standard InChI is InChI=1S/C21H26N6O2.HI/c1-15(29-19-9-5-8-18(11-19)28-3)12-23-21(22-2)24-13-16-6-4-7-17(10-16)20-25-14-26-27-20;/h4-11,14-15H,12-13H2,1-3H3,(H2,22,23,24)(H,25,26,27);1H. The lowest BCUT2D eigenvalue weighted by Crippen LogP contribution is -2.41. The van der Waals surface area contributed by atoms with E-state index in [-0.39, 0.29) is 30.1 Å². The number of halogens is 1. The molecule has 1 aromatic heterocycles. The molecule has 3 N–H and O–H groups in total. The van der Waals surface area contributed by atoms with Crippen molar-refractivity contribution in [2.45, 2.75) is 19.6 Å². The van der Waals surface area contributed by atoms with Crippen molar-refractivity contribution in [1.82, 2.24) is 25.8 Å². The number of guanidine groups is 1. The molecule has 1 unspecified atom stereocenters. The summed E-state index contributed by atoms with van der Waals surface area (Å²) >= 11 is 0. The molecular formula is C21H27IN6O2. The summed E-state index contributed by atoms with van der Waals surface area (Å²) in [5.41, 5.74) is 2.10. The molecule has 8 nitrogen and oxygen atoms in total. The van der Waals surface area contributed by atoms with Crippen LogP contribution in [0.4, 0.5) is 0 Å². The van der Waals surface area contributed by atoms with Crippen molar-refractivity contribution < 1.29 is 9.47 Å². The van der Waals surface area contributed by atoms with Gasteiger partial charge in [-0.3, -0.25) is 10.1 Å². The zero-order chi connectivity index (χ0) is 20.5. The van der Waals surface area contributed by atoms with E-state index in [1.54, 1.807) is 14.2 Å². The lowest BCUT2D eigenvalue weighted by atomic mass is 10.1. The van der Waals surface area contributed by atoms with Gasteiger partial charge in [0, 0.05) is 25.2 Å². The third-order valence-corrected chi connectivity index (χ3v) is 4.23. The zero-order valence-corrected chi connectivity index (χ0v) is 19.6. The van der Waals surface area contributed by atoms with E-state index in [1.807, 2.05) is 43.3 Å². The quantitative estimate of drug-likeness (QED) is 0.239. The molecule has 0 spiro atoms. The molecule has 0 aliphatic heterocycles. The highest BCUT2D eigenvalue weighted by Gasteiger charge is 2.07. The van der Waals surface area contributed by atoms with E-state index in [4.69, 9.17) is 9.47 Å². The number of nitrogens with one attached hydrogen (secondary N) is 3. The minimum absolute atomic E-state index is 0. The van der Waals surface area contributed by atoms with Crippen LogP contribution in [0.3, 0.4) is 0 Å². The molecule has 0 amide bonds. The fraction of sp³-hybridized carbons (Fsp3) is 0.286. The van der Waals surface area contributed by atoms with Gasteiger partial charge in [0.25, 0.3) is 0 Å². The van der Waals surface area contributed by atoms with Crippen molar-refractivity contribution in [1.29, 1.82) is 0 Å². The Morgan fingerprint density at radius 1 is 1.13 bits per heavy atom. The van der Waals surface area contributed by atoms with E-state index in [0.29, 0.717) is 19.0 Å². The van der Waals surface area contributed by atoms with Crippen LogP contribution >= 0.6 is 24.0 Å². The summed E-state index contributed by atoms with van der Waals surface area (Å²) in [7, 11) is 3.38. The SMILES string of the molecule is CN=C(NCc1cccc(-c2ncn[nH]2)c1)NCC(C)Oc1cccc(OC)c1.I. The van der Waals surface area contributed by atoms with Gasteiger partial charge >= 0.3 is 0 Å². The second kappa shape index (κ2) is 12.0. The fourth-order valence-corrected chi connectivity index (χ4v) is 2.77. The summed E-state index contributed by atoms with van der Waals surface area (Å²) in [6.07, 6.45) is 1.45. The van der Waals surface area contributed by atoms with Gasteiger partial charge in [-0.2, -0.15) is 5.10 Å². The fourth-order valence-electron chi connectivity index (χ4n) is 2.77. The van der Waals surface area contributed by atoms with Crippen molar-refractivity contribution in [2.24, 2.45) is 4.99 Å². The first-order chi connectivity index (χ1) is 14.2. The molecule has 3 aromatic rings. The predicted molar refractivity (Wildman–Crippen MR) is 129 cm³/mol. The average Bonchev–Trinajstić information content (AvgIpc) is 3.29. The summed E-state index contributed by atoms with van der Waals surface area (Å²) in [6, 6.07) is 15.7. The Morgan fingerprint density at radius 2 is 1.93 bits per heavy atom. The van der Waals surface area contributed by atoms with Gasteiger partial charge in [0.15, 0.2) is 11.8 Å². The van der Waals surface area contributed by atoms with Crippen molar-refractivity contribution in [3.63, 3.8) is 0 Å². The molecule has 3 rings (SSSR count). The first-order valence-electron chi connectivity index (χ1n) is 9.38. The summed E-state index contributed by atoms with van der Waals surface area (Å²) in [5, 5.41) is 13.4. The minimum Gasteiger partial charge on any atom is -0.497 e. The monoisotopic (exact) mass is 522 g/mol. The molecule has 30 heavy (non-hydrogen) atoms. The topological polar surface area (TPSA) is 96.5 Å². The number of aliphatic imine (C=N–C) groups is 1. The Bertz CT molecular complexity index is 933. The Hall–Kier alpha value is -2.82. The maximum absolute atomic E-state index is 5.93. The van der Waals surface area contributed by atoms with E-state index in [1.165, 1.54) is 6.33 Å². The van der Waals surface area contributed by atoms with Crippen LogP contribution in [0.25, 0.3) is 11.4 Å². The maximum atomic E-state index is 5.93. The third-order valence-electron chi connectivity index (χ3n) is 4.23. The molecule has 1 atom stereocenters. The van der Waals surface area contributed by atoms with Crippen LogP contribution < -0.4 is 20.1 Å². The van der Waals surface area contributed by atoms with Gasteiger partial charge in [-0.1, -0.05) is 24.3 Å². The van der Waals surface area contributed by atoms with Crippen molar-refractivity contribution in [2.75, 3.05) is 20.7 Å². The second-order valence-corrected chi connectivity index (χ2v) is 6.45. The van der Waals surface area contributed by atoms with Gasteiger partial charge in [-0.05, 0) is 30.7 Å². The largest absolute Gasteiger partial charge is 0.497 e. The van der Waals surface area contributed by atoms with E-state index in [0.717, 1.165) is 28.5 Å². The average molecular weight is 522 g/mol. The predicted octanol–water partition coefficient (Wildman–Crippen LogP) is 3.23. The Morgan fingerprint density at radius 3 is 2.67 bits per heavy atom. The number of benzene rings is 2. The highest BCUT2D eigenvalue weighted by Crippen LogP contribution is 2.19. The maximum Gasteiger partial charge on any atom is 0.191 e. The van der Waals surface area contributed by atoms with E-state index in [9.17, 15) is 0 Å². The summed E-state index contributed by atoms with van der Waals surface area (Å²) in [6.45, 7) is 3.24. The molecule has 0 aliphatic rings. The highest BCUT2D eigenvalue weighted by atomic mass is 127. The van der Waals surface area contributed by atoms with E-state index >= 15 is 0 Å². The molecule has 160 valence electrons. The number of aromatic amines is 1. The molecule has 0 saturated carbocycles. The molecule has 0 fully saturated rings. The van der Waals surface area contributed by atoms with Gasteiger partial charge in [0.1, 0.15) is 23.9 Å². The van der Waals surface area contributed by atoms with Crippen molar-refractivity contribution in [3.05, 3.63) is 60.4 Å². The number of hydrogen-bond donors (Lipinski definition) is 3. The van der Waals surface area contributed by atoms with E-state index < -0.39 is 0 Å². The lowest BCUT2D eigenvalue weighted by Gasteiger charge is -2.18. The van der Waals surface area contributed by atoms with Crippen molar-refractivity contribution >= 4 is 29.9 Å². The molecule has 0 radical (unpaired) electrons. The number of nitrogens with zero attached hydrogens (tertiary/aromatic N) is 3. The van der Waals surface area contributed by atoms with Crippen LogP contribution in [0.1, 0.15) is 12.5 Å². The van der Waals surface area contributed by atoms with Crippen LogP contribution in [0.2, 0.25) is 0 Å². The number of rotatable bonds is 8. The number of H-pyrrole nitrogens is 1. The summed E-state index contributed by atoms with van der Waals surface area (Å²) in [5.74, 6) is 2.99. The second-order valence-electron chi connectivity index (χ2n) is 6.45. The first-order valence-corrected chi connectivity index (χ1v) is 9.38. The van der Waals surface area contributed by atoms with Gasteiger partial charge in [0.2, 0.25) is 0 Å². The van der Waals surface area contributed by atoms with Gasteiger partial charge in [-0.15, -0.1) is 24.0 Å². The normalized spacial score (nSPS) is 11.9. The number of hydrogen-bond acceptors (Lipinski definition) is 5. The summed E-state index contributed by atoms with van der Waals surface area (Å²) < 4.78 is 11.2. The molecule has 0 aliphatic carbocycles. The Kier molecular flexibility index (Phi) is 9.39. The van der Waals surface area contributed by atoms with Crippen LogP contribution in [0.15, 0.2) is 59.9 Å². The van der Waals surface area contributed by atoms with Crippen LogP contribution in [-0.2, 0) is 6.54 Å². The van der Waals surface area contributed by atoms with Crippen LogP contribution in [0.5, 0.6) is 11.5 Å². The van der Waals surface area contributed by atoms with Gasteiger partial charge in [-0.25, -0.2) is 4.98 Å². The lowest BCUT2D eigenvalue weighted by molar-refractivity contribution is 0.223. The minimum atomic E-state index is -0.0459.